The van der Waals surface area contributed by atoms with Gasteiger partial charge in [-0.3, -0.25) is 4.90 Å². The van der Waals surface area contributed by atoms with Gasteiger partial charge in [0.05, 0.1) is 6.54 Å². The van der Waals surface area contributed by atoms with Crippen LogP contribution in [0.5, 0.6) is 0 Å². The summed E-state index contributed by atoms with van der Waals surface area (Å²) in [5.41, 5.74) is 7.76. The topological polar surface area (TPSA) is 29.3 Å². The third kappa shape index (κ3) is 3.10. The Hall–Kier alpha value is -1.30. The predicted octanol–water partition coefficient (Wildman–Crippen LogP) is 1.59. The summed E-state index contributed by atoms with van der Waals surface area (Å²) in [7, 11) is 0. The van der Waals surface area contributed by atoms with Gasteiger partial charge in [0.1, 0.15) is 0 Å². The standard InChI is InChI=1S/C14H18N2/c15-9-3-4-13-5-7-14(8-6-13)12-16-10-1-2-11-16/h5-8H,1-2,9-12,15H2. The Morgan fingerprint density at radius 1 is 1.12 bits per heavy atom. The Kier molecular flexibility index (Phi) is 3.98. The van der Waals surface area contributed by atoms with E-state index in [0.29, 0.717) is 6.54 Å². The summed E-state index contributed by atoms with van der Waals surface area (Å²) >= 11 is 0. The van der Waals surface area contributed by atoms with Crippen molar-refractivity contribution in [1.82, 2.24) is 4.90 Å². The van der Waals surface area contributed by atoms with Crippen LogP contribution in [-0.2, 0) is 6.54 Å². The fourth-order valence-electron chi connectivity index (χ4n) is 2.05. The van der Waals surface area contributed by atoms with Crippen LogP contribution < -0.4 is 5.73 Å². The first-order valence-electron chi connectivity index (χ1n) is 5.89. The van der Waals surface area contributed by atoms with Crippen molar-refractivity contribution in [1.29, 1.82) is 0 Å². The summed E-state index contributed by atoms with van der Waals surface area (Å²) in [6, 6.07) is 8.49. The lowest BCUT2D eigenvalue weighted by molar-refractivity contribution is 0.331. The summed E-state index contributed by atoms with van der Waals surface area (Å²) in [5.74, 6) is 5.90. The molecule has 2 rings (SSSR count). The number of likely N-dealkylation sites (tertiary alicyclic amines) is 1. The number of nitrogens with two attached hydrogens (primary N) is 1. The summed E-state index contributed by atoms with van der Waals surface area (Å²) in [5, 5.41) is 0. The van der Waals surface area contributed by atoms with E-state index in [1.807, 2.05) is 0 Å². The fraction of sp³-hybridized carbons (Fsp3) is 0.429. The second-order valence-corrected chi connectivity index (χ2v) is 4.19. The molecule has 1 fully saturated rings. The zero-order valence-electron chi connectivity index (χ0n) is 9.58. The second-order valence-electron chi connectivity index (χ2n) is 4.19. The van der Waals surface area contributed by atoms with Gasteiger partial charge in [-0.2, -0.15) is 0 Å². The summed E-state index contributed by atoms with van der Waals surface area (Å²) in [6.07, 6.45) is 2.69. The molecule has 0 aliphatic carbocycles. The Bertz CT molecular complexity index is 377. The molecular weight excluding hydrogens is 196 g/mol. The van der Waals surface area contributed by atoms with Crippen LogP contribution in [0.15, 0.2) is 24.3 Å². The minimum atomic E-state index is 0.426. The molecule has 0 radical (unpaired) electrons. The molecule has 1 aliphatic heterocycles. The Balaban J connectivity index is 1.95. The summed E-state index contributed by atoms with van der Waals surface area (Å²) in [6.45, 7) is 3.99. The van der Waals surface area contributed by atoms with Gasteiger partial charge in [0.25, 0.3) is 0 Å². The maximum Gasteiger partial charge on any atom is 0.0555 e. The maximum absolute atomic E-state index is 5.33. The average molecular weight is 214 g/mol. The Labute approximate surface area is 97.4 Å². The van der Waals surface area contributed by atoms with Gasteiger partial charge in [0.15, 0.2) is 0 Å². The molecule has 1 aromatic rings. The Morgan fingerprint density at radius 2 is 1.81 bits per heavy atom. The molecule has 2 heteroatoms. The highest BCUT2D eigenvalue weighted by molar-refractivity contribution is 5.36. The zero-order chi connectivity index (χ0) is 11.2. The highest BCUT2D eigenvalue weighted by atomic mass is 15.1. The fourth-order valence-corrected chi connectivity index (χ4v) is 2.05. The van der Waals surface area contributed by atoms with Crippen molar-refractivity contribution in [3.63, 3.8) is 0 Å². The quantitative estimate of drug-likeness (QED) is 0.758. The van der Waals surface area contributed by atoms with Gasteiger partial charge in [-0.05, 0) is 43.6 Å². The van der Waals surface area contributed by atoms with Crippen LogP contribution in [0.25, 0.3) is 0 Å². The molecule has 0 unspecified atom stereocenters. The molecule has 16 heavy (non-hydrogen) atoms. The minimum Gasteiger partial charge on any atom is -0.320 e. The molecule has 1 heterocycles. The molecule has 0 spiro atoms. The third-order valence-corrected chi connectivity index (χ3v) is 2.89. The lowest BCUT2D eigenvalue weighted by Gasteiger charge is -2.14. The van der Waals surface area contributed by atoms with Gasteiger partial charge in [0.2, 0.25) is 0 Å². The van der Waals surface area contributed by atoms with Crippen LogP contribution in [0, 0.1) is 11.8 Å². The number of benzene rings is 1. The van der Waals surface area contributed by atoms with E-state index in [2.05, 4.69) is 41.0 Å². The molecule has 2 nitrogen and oxygen atoms in total. The third-order valence-electron chi connectivity index (χ3n) is 2.89. The number of rotatable bonds is 2. The van der Waals surface area contributed by atoms with E-state index >= 15 is 0 Å². The van der Waals surface area contributed by atoms with Crippen molar-refractivity contribution in [2.75, 3.05) is 19.6 Å². The van der Waals surface area contributed by atoms with Gasteiger partial charge in [-0.15, -0.1) is 0 Å². The molecule has 0 atom stereocenters. The first-order valence-corrected chi connectivity index (χ1v) is 5.89. The SMILES string of the molecule is NCC#Cc1ccc(CN2CCCC2)cc1. The summed E-state index contributed by atoms with van der Waals surface area (Å²) < 4.78 is 0. The van der Waals surface area contributed by atoms with Crippen molar-refractivity contribution < 1.29 is 0 Å². The number of nitrogens with zero attached hydrogens (tertiary/aromatic N) is 1. The molecule has 0 saturated carbocycles. The van der Waals surface area contributed by atoms with Gasteiger partial charge in [0, 0.05) is 12.1 Å². The lowest BCUT2D eigenvalue weighted by Crippen LogP contribution is -2.18. The first kappa shape index (κ1) is 11.2. The average Bonchev–Trinajstić information content (AvgIpc) is 2.81. The number of hydrogen-bond acceptors (Lipinski definition) is 2. The molecule has 1 saturated heterocycles. The van der Waals surface area contributed by atoms with Crippen molar-refractivity contribution in [3.8, 4) is 11.8 Å². The van der Waals surface area contributed by atoms with Gasteiger partial charge >= 0.3 is 0 Å². The highest BCUT2D eigenvalue weighted by Gasteiger charge is 2.11. The van der Waals surface area contributed by atoms with Gasteiger partial charge in [-0.25, -0.2) is 0 Å². The zero-order valence-corrected chi connectivity index (χ0v) is 9.58. The molecular formula is C14H18N2. The van der Waals surface area contributed by atoms with Crippen molar-refractivity contribution in [3.05, 3.63) is 35.4 Å². The van der Waals surface area contributed by atoms with Gasteiger partial charge in [-0.1, -0.05) is 24.0 Å². The molecule has 1 aromatic carbocycles. The second kappa shape index (κ2) is 5.69. The van der Waals surface area contributed by atoms with E-state index in [1.54, 1.807) is 0 Å². The molecule has 0 aromatic heterocycles. The molecule has 2 N–H and O–H groups in total. The molecule has 0 amide bonds. The van der Waals surface area contributed by atoms with Crippen LogP contribution in [0.4, 0.5) is 0 Å². The van der Waals surface area contributed by atoms with Crippen molar-refractivity contribution >= 4 is 0 Å². The van der Waals surface area contributed by atoms with Crippen LogP contribution in [0.3, 0.4) is 0 Å². The van der Waals surface area contributed by atoms with Crippen molar-refractivity contribution in [2.45, 2.75) is 19.4 Å². The smallest absolute Gasteiger partial charge is 0.0555 e. The Morgan fingerprint density at radius 3 is 2.44 bits per heavy atom. The van der Waals surface area contributed by atoms with E-state index < -0.39 is 0 Å². The van der Waals surface area contributed by atoms with Crippen LogP contribution in [0.1, 0.15) is 24.0 Å². The minimum absolute atomic E-state index is 0.426. The molecule has 1 aliphatic rings. The molecule has 84 valence electrons. The first-order chi connectivity index (χ1) is 7.88. The van der Waals surface area contributed by atoms with E-state index in [4.69, 9.17) is 5.73 Å². The monoisotopic (exact) mass is 214 g/mol. The van der Waals surface area contributed by atoms with Crippen LogP contribution in [-0.4, -0.2) is 24.5 Å². The lowest BCUT2D eigenvalue weighted by atomic mass is 10.1. The van der Waals surface area contributed by atoms with Crippen LogP contribution >= 0.6 is 0 Å². The van der Waals surface area contributed by atoms with E-state index in [0.717, 1.165) is 12.1 Å². The summed E-state index contributed by atoms with van der Waals surface area (Å²) in [4.78, 5) is 2.50. The molecule has 0 bridgehead atoms. The normalized spacial score (nSPS) is 15.8. The van der Waals surface area contributed by atoms with Gasteiger partial charge < -0.3 is 5.73 Å². The van der Waals surface area contributed by atoms with E-state index in [1.165, 1.54) is 31.5 Å². The highest BCUT2D eigenvalue weighted by Crippen LogP contribution is 2.12. The van der Waals surface area contributed by atoms with E-state index in [9.17, 15) is 0 Å². The number of hydrogen-bond donors (Lipinski definition) is 1. The van der Waals surface area contributed by atoms with E-state index in [-0.39, 0.29) is 0 Å². The largest absolute Gasteiger partial charge is 0.320 e. The maximum atomic E-state index is 5.33. The predicted molar refractivity (Wildman–Crippen MR) is 66.9 cm³/mol. The van der Waals surface area contributed by atoms with Crippen LogP contribution in [0.2, 0.25) is 0 Å². The van der Waals surface area contributed by atoms with Crippen molar-refractivity contribution in [2.24, 2.45) is 5.73 Å².